The van der Waals surface area contributed by atoms with Crippen molar-refractivity contribution in [3.8, 4) is 0 Å². The maximum Gasteiger partial charge on any atom is 0.407 e. The zero-order chi connectivity index (χ0) is 16.6. The van der Waals surface area contributed by atoms with E-state index in [1.54, 1.807) is 0 Å². The summed E-state index contributed by atoms with van der Waals surface area (Å²) in [4.78, 5) is 11.9. The minimum atomic E-state index is -0.427. The summed E-state index contributed by atoms with van der Waals surface area (Å²) in [6.45, 7) is 13.2. The van der Waals surface area contributed by atoms with Crippen LogP contribution in [-0.2, 0) is 4.74 Å². The molecule has 0 radical (unpaired) electrons. The predicted molar refractivity (Wildman–Crippen MR) is 92.0 cm³/mol. The smallest absolute Gasteiger partial charge is 0.407 e. The van der Waals surface area contributed by atoms with Gasteiger partial charge in [-0.3, -0.25) is 0 Å². The number of piperidine rings is 1. The Hall–Kier alpha value is -0.770. The highest BCUT2D eigenvalue weighted by atomic mass is 16.6. The molecule has 1 amide bonds. The van der Waals surface area contributed by atoms with E-state index in [1.807, 2.05) is 20.8 Å². The summed E-state index contributed by atoms with van der Waals surface area (Å²) >= 11 is 0. The Morgan fingerprint density at radius 2 is 1.82 bits per heavy atom. The topological polar surface area (TPSA) is 50.4 Å². The maximum atomic E-state index is 11.9. The summed E-state index contributed by atoms with van der Waals surface area (Å²) in [5, 5.41) is 6.44. The van der Waals surface area contributed by atoms with Crippen molar-refractivity contribution in [2.45, 2.75) is 72.3 Å². The van der Waals surface area contributed by atoms with E-state index in [9.17, 15) is 4.79 Å². The van der Waals surface area contributed by atoms with Gasteiger partial charge in [0.15, 0.2) is 0 Å². The normalized spacial score (nSPS) is 18.3. The van der Waals surface area contributed by atoms with Gasteiger partial charge in [0.25, 0.3) is 0 Å². The van der Waals surface area contributed by atoms with Gasteiger partial charge in [-0.05, 0) is 70.9 Å². The van der Waals surface area contributed by atoms with Crippen molar-refractivity contribution in [1.29, 1.82) is 0 Å². The van der Waals surface area contributed by atoms with Gasteiger partial charge in [0.2, 0.25) is 0 Å². The van der Waals surface area contributed by atoms with Crippen LogP contribution in [0.1, 0.15) is 66.7 Å². The third-order valence-corrected chi connectivity index (χ3v) is 4.75. The van der Waals surface area contributed by atoms with E-state index in [-0.39, 0.29) is 6.09 Å². The molecule has 1 atom stereocenters. The zero-order valence-corrected chi connectivity index (χ0v) is 15.2. The van der Waals surface area contributed by atoms with Crippen LogP contribution >= 0.6 is 0 Å². The molecule has 0 spiro atoms. The van der Waals surface area contributed by atoms with Crippen LogP contribution in [0.3, 0.4) is 0 Å². The summed E-state index contributed by atoms with van der Waals surface area (Å²) in [5.41, 5.74) is -0.427. The Balaban J connectivity index is 2.55. The van der Waals surface area contributed by atoms with Crippen molar-refractivity contribution in [2.24, 2.45) is 17.8 Å². The fourth-order valence-corrected chi connectivity index (χ4v) is 3.34. The molecule has 0 aromatic heterocycles. The minimum Gasteiger partial charge on any atom is -0.444 e. The van der Waals surface area contributed by atoms with Crippen LogP contribution < -0.4 is 10.6 Å². The predicted octanol–water partition coefficient (Wildman–Crippen LogP) is 3.95. The number of rotatable bonds is 7. The molecular formula is C18H36N2O2. The summed E-state index contributed by atoms with van der Waals surface area (Å²) < 4.78 is 5.37. The lowest BCUT2D eigenvalue weighted by atomic mass is 9.78. The summed E-state index contributed by atoms with van der Waals surface area (Å²) in [6, 6.07) is 0. The average molecular weight is 312 g/mol. The Morgan fingerprint density at radius 3 is 2.32 bits per heavy atom. The van der Waals surface area contributed by atoms with Crippen LogP contribution in [0.5, 0.6) is 0 Å². The minimum absolute atomic E-state index is 0.281. The Bertz CT molecular complexity index is 316. The summed E-state index contributed by atoms with van der Waals surface area (Å²) in [6.07, 6.45) is 5.83. The lowest BCUT2D eigenvalue weighted by Crippen LogP contribution is -2.40. The molecule has 0 aromatic carbocycles. The standard InChI is InChI=1S/C18H36N2O2/c1-6-14(7-2)12-16(15-8-10-19-11-9-15)13-20-17(21)22-18(3,4)5/h14-16,19H,6-13H2,1-5H3,(H,20,21)/t16-/m1/s1. The first kappa shape index (κ1) is 19.3. The quantitative estimate of drug-likeness (QED) is 0.748. The SMILES string of the molecule is CCC(CC)C[C@H](CNC(=O)OC(C)(C)C)C1CCNCC1. The largest absolute Gasteiger partial charge is 0.444 e. The summed E-state index contributed by atoms with van der Waals surface area (Å²) in [5.74, 6) is 2.05. The van der Waals surface area contributed by atoms with E-state index in [0.717, 1.165) is 31.5 Å². The number of carbonyl (C=O) groups is 1. The first-order chi connectivity index (χ1) is 10.4. The fourth-order valence-electron chi connectivity index (χ4n) is 3.34. The molecule has 0 aliphatic carbocycles. The van der Waals surface area contributed by atoms with Gasteiger partial charge in [-0.15, -0.1) is 0 Å². The van der Waals surface area contributed by atoms with Crippen LogP contribution in [0.2, 0.25) is 0 Å². The lowest BCUT2D eigenvalue weighted by Gasteiger charge is -2.33. The van der Waals surface area contributed by atoms with E-state index in [4.69, 9.17) is 4.74 Å². The second-order valence-corrected chi connectivity index (χ2v) is 7.65. The number of carbonyl (C=O) groups excluding carboxylic acids is 1. The van der Waals surface area contributed by atoms with Crippen LogP contribution in [0.25, 0.3) is 0 Å². The molecule has 1 fully saturated rings. The van der Waals surface area contributed by atoms with Gasteiger partial charge in [0, 0.05) is 6.54 Å². The van der Waals surface area contributed by atoms with Crippen LogP contribution in [-0.4, -0.2) is 31.3 Å². The van der Waals surface area contributed by atoms with Crippen molar-refractivity contribution >= 4 is 6.09 Å². The Labute approximate surface area is 136 Å². The van der Waals surface area contributed by atoms with E-state index in [1.165, 1.54) is 32.1 Å². The number of hydrogen-bond acceptors (Lipinski definition) is 3. The highest BCUT2D eigenvalue weighted by Gasteiger charge is 2.26. The first-order valence-electron chi connectivity index (χ1n) is 9.03. The van der Waals surface area contributed by atoms with E-state index >= 15 is 0 Å². The molecule has 4 heteroatoms. The van der Waals surface area contributed by atoms with Gasteiger partial charge in [-0.1, -0.05) is 26.7 Å². The highest BCUT2D eigenvalue weighted by molar-refractivity contribution is 5.67. The molecule has 1 aliphatic heterocycles. The monoisotopic (exact) mass is 312 g/mol. The van der Waals surface area contributed by atoms with E-state index in [2.05, 4.69) is 24.5 Å². The maximum absolute atomic E-state index is 11.9. The summed E-state index contributed by atoms with van der Waals surface area (Å²) in [7, 11) is 0. The Kier molecular flexibility index (Phi) is 8.23. The molecule has 1 aliphatic rings. The van der Waals surface area contributed by atoms with Crippen molar-refractivity contribution in [3.63, 3.8) is 0 Å². The van der Waals surface area contributed by atoms with Crippen molar-refractivity contribution in [3.05, 3.63) is 0 Å². The molecule has 0 bridgehead atoms. The zero-order valence-electron chi connectivity index (χ0n) is 15.2. The Morgan fingerprint density at radius 1 is 1.23 bits per heavy atom. The lowest BCUT2D eigenvalue weighted by molar-refractivity contribution is 0.0505. The van der Waals surface area contributed by atoms with Crippen LogP contribution in [0, 0.1) is 17.8 Å². The number of alkyl carbamates (subject to hydrolysis) is 1. The van der Waals surface area contributed by atoms with Gasteiger partial charge in [-0.25, -0.2) is 4.79 Å². The van der Waals surface area contributed by atoms with Crippen molar-refractivity contribution < 1.29 is 9.53 Å². The molecule has 1 saturated heterocycles. The highest BCUT2D eigenvalue weighted by Crippen LogP contribution is 2.29. The molecule has 0 saturated carbocycles. The number of hydrogen-bond donors (Lipinski definition) is 2. The molecule has 4 nitrogen and oxygen atoms in total. The number of nitrogens with one attached hydrogen (secondary N) is 2. The molecule has 1 heterocycles. The fraction of sp³-hybridized carbons (Fsp3) is 0.944. The van der Waals surface area contributed by atoms with Crippen LogP contribution in [0.4, 0.5) is 4.79 Å². The molecule has 1 rings (SSSR count). The van der Waals surface area contributed by atoms with Gasteiger partial charge in [0.1, 0.15) is 5.60 Å². The average Bonchev–Trinajstić information content (AvgIpc) is 2.47. The molecule has 0 unspecified atom stereocenters. The molecule has 130 valence electrons. The van der Waals surface area contributed by atoms with Gasteiger partial charge < -0.3 is 15.4 Å². The number of amides is 1. The second-order valence-electron chi connectivity index (χ2n) is 7.65. The van der Waals surface area contributed by atoms with Crippen molar-refractivity contribution in [1.82, 2.24) is 10.6 Å². The third-order valence-electron chi connectivity index (χ3n) is 4.75. The van der Waals surface area contributed by atoms with Crippen molar-refractivity contribution in [2.75, 3.05) is 19.6 Å². The molecule has 2 N–H and O–H groups in total. The number of ether oxygens (including phenoxy) is 1. The van der Waals surface area contributed by atoms with E-state index < -0.39 is 5.60 Å². The van der Waals surface area contributed by atoms with Crippen LogP contribution in [0.15, 0.2) is 0 Å². The van der Waals surface area contributed by atoms with Gasteiger partial charge in [0.05, 0.1) is 0 Å². The molecular weight excluding hydrogens is 276 g/mol. The molecule has 0 aromatic rings. The van der Waals surface area contributed by atoms with E-state index in [0.29, 0.717) is 5.92 Å². The van der Waals surface area contributed by atoms with Gasteiger partial charge >= 0.3 is 6.09 Å². The second kappa shape index (κ2) is 9.39. The first-order valence-corrected chi connectivity index (χ1v) is 9.03. The third kappa shape index (κ3) is 7.48. The molecule has 22 heavy (non-hydrogen) atoms. The van der Waals surface area contributed by atoms with Gasteiger partial charge in [-0.2, -0.15) is 0 Å².